The average molecular weight is 347 g/mol. The van der Waals surface area contributed by atoms with E-state index in [1.165, 1.54) is 23.9 Å². The molecule has 1 saturated heterocycles. The zero-order valence-corrected chi connectivity index (χ0v) is 13.8. The van der Waals surface area contributed by atoms with E-state index in [1.807, 2.05) is 6.07 Å². The van der Waals surface area contributed by atoms with Crippen LogP contribution in [-0.4, -0.2) is 41.4 Å². The number of morpholine rings is 1. The summed E-state index contributed by atoms with van der Waals surface area (Å²) in [6.07, 6.45) is -0.228. The van der Waals surface area contributed by atoms with Gasteiger partial charge in [-0.2, -0.15) is 0 Å². The summed E-state index contributed by atoms with van der Waals surface area (Å²) in [6, 6.07) is 13.0. The smallest absolute Gasteiger partial charge is 0.233 e. The molecule has 1 aliphatic heterocycles. The molecule has 2 aromatic rings. The average Bonchev–Trinajstić information content (AvgIpc) is 2.60. The number of phenols is 1. The Hall–Kier alpha value is -2.05. The standard InChI is InChI=1S/C18H18FNO3S/c19-14-6-4-13(5-7-14)17-11-20(8-9-23-17)18(22)12-24-16-3-1-2-15(21)10-16/h1-7,10,17,21H,8-9,11-12H2. The SMILES string of the molecule is O=C(CSc1cccc(O)c1)N1CCOC(c2ccc(F)cc2)C1. The summed E-state index contributed by atoms with van der Waals surface area (Å²) >= 11 is 1.39. The van der Waals surface area contributed by atoms with Crippen LogP contribution in [0.2, 0.25) is 0 Å². The number of ether oxygens (including phenoxy) is 1. The molecule has 0 bridgehead atoms. The highest BCUT2D eigenvalue weighted by molar-refractivity contribution is 8.00. The topological polar surface area (TPSA) is 49.8 Å². The molecule has 1 fully saturated rings. The highest BCUT2D eigenvalue weighted by Gasteiger charge is 2.25. The first-order valence-electron chi connectivity index (χ1n) is 7.68. The fourth-order valence-electron chi connectivity index (χ4n) is 2.56. The van der Waals surface area contributed by atoms with E-state index in [2.05, 4.69) is 0 Å². The molecule has 2 aromatic carbocycles. The molecule has 126 valence electrons. The van der Waals surface area contributed by atoms with E-state index in [9.17, 15) is 14.3 Å². The van der Waals surface area contributed by atoms with Crippen molar-refractivity contribution in [2.75, 3.05) is 25.4 Å². The van der Waals surface area contributed by atoms with Gasteiger partial charge in [0.05, 0.1) is 18.9 Å². The third-order valence-electron chi connectivity index (χ3n) is 3.84. The molecule has 24 heavy (non-hydrogen) atoms. The maximum Gasteiger partial charge on any atom is 0.233 e. The molecule has 3 rings (SSSR count). The molecule has 0 aromatic heterocycles. The van der Waals surface area contributed by atoms with Crippen molar-refractivity contribution in [2.45, 2.75) is 11.0 Å². The summed E-state index contributed by atoms with van der Waals surface area (Å²) < 4.78 is 18.7. The van der Waals surface area contributed by atoms with Gasteiger partial charge in [0.2, 0.25) is 5.91 Å². The fraction of sp³-hybridized carbons (Fsp3) is 0.278. The predicted molar refractivity (Wildman–Crippen MR) is 90.5 cm³/mol. The lowest BCUT2D eigenvalue weighted by molar-refractivity contribution is -0.136. The van der Waals surface area contributed by atoms with Crippen LogP contribution in [0.4, 0.5) is 4.39 Å². The Morgan fingerprint density at radius 1 is 1.29 bits per heavy atom. The number of amides is 1. The summed E-state index contributed by atoms with van der Waals surface area (Å²) in [6.45, 7) is 1.48. The number of halogens is 1. The van der Waals surface area contributed by atoms with E-state index in [0.29, 0.717) is 25.4 Å². The maximum absolute atomic E-state index is 13.0. The minimum atomic E-state index is -0.287. The number of hydrogen-bond acceptors (Lipinski definition) is 4. The summed E-state index contributed by atoms with van der Waals surface area (Å²) in [4.78, 5) is 15.0. The monoisotopic (exact) mass is 347 g/mol. The van der Waals surface area contributed by atoms with E-state index >= 15 is 0 Å². The van der Waals surface area contributed by atoms with Crippen LogP contribution >= 0.6 is 11.8 Å². The Bertz CT molecular complexity index is 708. The minimum absolute atomic E-state index is 0.0266. The quantitative estimate of drug-likeness (QED) is 0.863. The second-order valence-corrected chi connectivity index (χ2v) is 6.59. The summed E-state index contributed by atoms with van der Waals surface area (Å²) in [7, 11) is 0. The zero-order chi connectivity index (χ0) is 16.9. The molecule has 1 amide bonds. The number of hydrogen-bond donors (Lipinski definition) is 1. The van der Waals surface area contributed by atoms with E-state index in [0.717, 1.165) is 10.5 Å². The van der Waals surface area contributed by atoms with Crippen molar-refractivity contribution in [1.29, 1.82) is 0 Å². The first kappa shape index (κ1) is 16.8. The molecule has 1 heterocycles. The Balaban J connectivity index is 1.57. The highest BCUT2D eigenvalue weighted by atomic mass is 32.2. The highest BCUT2D eigenvalue weighted by Crippen LogP contribution is 2.25. The third-order valence-corrected chi connectivity index (χ3v) is 4.82. The summed E-state index contributed by atoms with van der Waals surface area (Å²) in [5.74, 6) is 0.235. The Morgan fingerprint density at radius 3 is 2.83 bits per heavy atom. The van der Waals surface area contributed by atoms with Crippen LogP contribution in [-0.2, 0) is 9.53 Å². The Labute approximate surface area is 144 Å². The number of phenolic OH excluding ortho intramolecular Hbond substituents is 1. The van der Waals surface area contributed by atoms with Crippen molar-refractivity contribution in [3.8, 4) is 5.75 Å². The minimum Gasteiger partial charge on any atom is -0.508 e. The van der Waals surface area contributed by atoms with Gasteiger partial charge >= 0.3 is 0 Å². The lowest BCUT2D eigenvalue weighted by Crippen LogP contribution is -2.43. The second kappa shape index (κ2) is 7.68. The first-order chi connectivity index (χ1) is 11.6. The van der Waals surface area contributed by atoms with Crippen molar-refractivity contribution in [1.82, 2.24) is 4.90 Å². The van der Waals surface area contributed by atoms with E-state index in [1.54, 1.807) is 35.2 Å². The van der Waals surface area contributed by atoms with E-state index < -0.39 is 0 Å². The van der Waals surface area contributed by atoms with Crippen LogP contribution < -0.4 is 0 Å². The van der Waals surface area contributed by atoms with Gasteiger partial charge < -0.3 is 14.7 Å². The van der Waals surface area contributed by atoms with Crippen LogP contribution in [0.1, 0.15) is 11.7 Å². The molecular formula is C18H18FNO3S. The largest absolute Gasteiger partial charge is 0.508 e. The first-order valence-corrected chi connectivity index (χ1v) is 8.67. The van der Waals surface area contributed by atoms with Gasteiger partial charge in [0.25, 0.3) is 0 Å². The van der Waals surface area contributed by atoms with E-state index in [-0.39, 0.29) is 23.6 Å². The third kappa shape index (κ3) is 4.27. The van der Waals surface area contributed by atoms with Crippen molar-refractivity contribution < 1.29 is 19.0 Å². The number of rotatable bonds is 4. The molecule has 1 atom stereocenters. The predicted octanol–water partition coefficient (Wildman–Crippen LogP) is 3.22. The zero-order valence-electron chi connectivity index (χ0n) is 13.0. The van der Waals surface area contributed by atoms with Crippen LogP contribution in [0.3, 0.4) is 0 Å². The van der Waals surface area contributed by atoms with Crippen LogP contribution in [0, 0.1) is 5.82 Å². The van der Waals surface area contributed by atoms with Crippen molar-refractivity contribution in [2.24, 2.45) is 0 Å². The molecule has 1 aliphatic rings. The van der Waals surface area contributed by atoms with Gasteiger partial charge in [0.1, 0.15) is 17.7 Å². The number of carbonyl (C=O) groups excluding carboxylic acids is 1. The fourth-order valence-corrected chi connectivity index (χ4v) is 3.42. The molecular weight excluding hydrogens is 329 g/mol. The number of aromatic hydroxyl groups is 1. The summed E-state index contributed by atoms with van der Waals surface area (Å²) in [5, 5.41) is 9.46. The molecule has 1 N–H and O–H groups in total. The van der Waals surface area contributed by atoms with Crippen LogP contribution in [0.5, 0.6) is 5.75 Å². The summed E-state index contributed by atoms with van der Waals surface area (Å²) in [5.41, 5.74) is 0.870. The molecule has 6 heteroatoms. The molecule has 0 saturated carbocycles. The molecule has 4 nitrogen and oxygen atoms in total. The number of benzene rings is 2. The lowest BCUT2D eigenvalue weighted by Gasteiger charge is -2.33. The lowest BCUT2D eigenvalue weighted by atomic mass is 10.1. The van der Waals surface area contributed by atoms with Crippen molar-refractivity contribution >= 4 is 17.7 Å². The van der Waals surface area contributed by atoms with Gasteiger partial charge in [-0.1, -0.05) is 18.2 Å². The normalized spacial score (nSPS) is 17.7. The van der Waals surface area contributed by atoms with E-state index in [4.69, 9.17) is 4.74 Å². The Kier molecular flexibility index (Phi) is 5.37. The molecule has 1 unspecified atom stereocenters. The van der Waals surface area contributed by atoms with Gasteiger partial charge in [-0.15, -0.1) is 11.8 Å². The number of thioether (sulfide) groups is 1. The Morgan fingerprint density at radius 2 is 2.08 bits per heavy atom. The van der Waals surface area contributed by atoms with Crippen LogP contribution in [0.25, 0.3) is 0 Å². The second-order valence-electron chi connectivity index (χ2n) is 5.54. The van der Waals surface area contributed by atoms with Gasteiger partial charge in [0.15, 0.2) is 0 Å². The maximum atomic E-state index is 13.0. The van der Waals surface area contributed by atoms with Gasteiger partial charge in [-0.05, 0) is 35.9 Å². The molecule has 0 radical (unpaired) electrons. The number of nitrogens with zero attached hydrogens (tertiary/aromatic N) is 1. The van der Waals surface area contributed by atoms with Gasteiger partial charge in [0, 0.05) is 11.4 Å². The van der Waals surface area contributed by atoms with Gasteiger partial charge in [-0.25, -0.2) is 4.39 Å². The van der Waals surface area contributed by atoms with Crippen molar-refractivity contribution in [3.05, 3.63) is 59.9 Å². The van der Waals surface area contributed by atoms with Crippen LogP contribution in [0.15, 0.2) is 53.4 Å². The van der Waals surface area contributed by atoms with Gasteiger partial charge in [-0.3, -0.25) is 4.79 Å². The number of carbonyl (C=O) groups is 1. The molecule has 0 aliphatic carbocycles. The molecule has 0 spiro atoms. The van der Waals surface area contributed by atoms with Crippen molar-refractivity contribution in [3.63, 3.8) is 0 Å².